The highest BCUT2D eigenvalue weighted by molar-refractivity contribution is 8.01. The Labute approximate surface area is 99.5 Å². The molecule has 5 heteroatoms. The quantitative estimate of drug-likeness (QED) is 0.647. The predicted molar refractivity (Wildman–Crippen MR) is 63.7 cm³/mol. The van der Waals surface area contributed by atoms with E-state index in [9.17, 15) is 4.79 Å². The van der Waals surface area contributed by atoms with Crippen LogP contribution >= 0.6 is 11.8 Å². The SMILES string of the molecule is CC(C)c1cc(SC(C)(C)C(=O)O)ncn1. The Morgan fingerprint density at radius 3 is 2.56 bits per heavy atom. The highest BCUT2D eigenvalue weighted by Gasteiger charge is 2.29. The number of carboxylic acids is 1. The molecule has 0 saturated heterocycles. The van der Waals surface area contributed by atoms with Crippen molar-refractivity contribution < 1.29 is 9.90 Å². The van der Waals surface area contributed by atoms with Gasteiger partial charge in [0.05, 0.1) is 0 Å². The van der Waals surface area contributed by atoms with Gasteiger partial charge in [0.2, 0.25) is 0 Å². The summed E-state index contributed by atoms with van der Waals surface area (Å²) < 4.78 is -0.872. The number of hydrogen-bond donors (Lipinski definition) is 1. The van der Waals surface area contributed by atoms with Crippen LogP contribution in [0.25, 0.3) is 0 Å². The highest BCUT2D eigenvalue weighted by Crippen LogP contribution is 2.31. The number of aromatic nitrogens is 2. The molecule has 4 nitrogen and oxygen atoms in total. The normalized spacial score (nSPS) is 11.8. The Morgan fingerprint density at radius 2 is 2.06 bits per heavy atom. The summed E-state index contributed by atoms with van der Waals surface area (Å²) in [6.07, 6.45) is 1.48. The number of carboxylic acid groups (broad SMARTS) is 1. The molecule has 1 aromatic rings. The fourth-order valence-electron chi connectivity index (χ4n) is 1.03. The van der Waals surface area contributed by atoms with Crippen molar-refractivity contribution >= 4 is 17.7 Å². The Bertz CT molecular complexity index is 391. The first-order valence-electron chi connectivity index (χ1n) is 5.07. The van der Waals surface area contributed by atoms with Crippen molar-refractivity contribution in [2.24, 2.45) is 0 Å². The van der Waals surface area contributed by atoms with E-state index in [4.69, 9.17) is 5.11 Å². The fraction of sp³-hybridized carbons (Fsp3) is 0.545. The molecule has 0 saturated carbocycles. The Kier molecular flexibility index (Phi) is 3.91. The lowest BCUT2D eigenvalue weighted by Crippen LogP contribution is -2.27. The number of thioether (sulfide) groups is 1. The van der Waals surface area contributed by atoms with Gasteiger partial charge in [-0.05, 0) is 25.8 Å². The van der Waals surface area contributed by atoms with Crippen LogP contribution in [0.15, 0.2) is 17.4 Å². The minimum absolute atomic E-state index is 0.315. The molecule has 0 aliphatic heterocycles. The lowest BCUT2D eigenvalue weighted by Gasteiger charge is -2.17. The van der Waals surface area contributed by atoms with Crippen molar-refractivity contribution in [2.45, 2.75) is 43.4 Å². The molecule has 0 bridgehead atoms. The van der Waals surface area contributed by atoms with Crippen molar-refractivity contribution in [3.63, 3.8) is 0 Å². The average molecular weight is 240 g/mol. The van der Waals surface area contributed by atoms with Crippen molar-refractivity contribution in [1.29, 1.82) is 0 Å². The molecule has 16 heavy (non-hydrogen) atoms. The second-order valence-corrected chi connectivity index (χ2v) is 6.00. The summed E-state index contributed by atoms with van der Waals surface area (Å²) in [6, 6.07) is 1.85. The number of aliphatic carboxylic acids is 1. The van der Waals surface area contributed by atoms with Gasteiger partial charge in [-0.15, -0.1) is 0 Å². The van der Waals surface area contributed by atoms with Crippen LogP contribution in [0, 0.1) is 0 Å². The fourth-order valence-corrected chi connectivity index (χ4v) is 1.92. The maximum absolute atomic E-state index is 11.0. The van der Waals surface area contributed by atoms with Gasteiger partial charge in [-0.2, -0.15) is 0 Å². The third-order valence-electron chi connectivity index (χ3n) is 2.13. The Morgan fingerprint density at radius 1 is 1.44 bits per heavy atom. The predicted octanol–water partition coefficient (Wildman–Crippen LogP) is 2.56. The minimum atomic E-state index is -0.872. The van der Waals surface area contributed by atoms with Crippen LogP contribution in [0.3, 0.4) is 0 Å². The standard InChI is InChI=1S/C11H16N2O2S/c1-7(2)8-5-9(13-6-12-8)16-11(3,4)10(14)15/h5-7H,1-4H3,(H,14,15). The topological polar surface area (TPSA) is 63.1 Å². The van der Waals surface area contributed by atoms with E-state index < -0.39 is 10.7 Å². The Hall–Kier alpha value is -1.10. The van der Waals surface area contributed by atoms with Crippen molar-refractivity contribution in [3.8, 4) is 0 Å². The lowest BCUT2D eigenvalue weighted by molar-refractivity contribution is -0.138. The first-order valence-corrected chi connectivity index (χ1v) is 5.89. The van der Waals surface area contributed by atoms with E-state index in [1.807, 2.05) is 19.9 Å². The summed E-state index contributed by atoms with van der Waals surface area (Å²) in [7, 11) is 0. The van der Waals surface area contributed by atoms with E-state index >= 15 is 0 Å². The van der Waals surface area contributed by atoms with Crippen LogP contribution in [0.4, 0.5) is 0 Å². The molecule has 0 radical (unpaired) electrons. The monoisotopic (exact) mass is 240 g/mol. The molecule has 0 unspecified atom stereocenters. The van der Waals surface area contributed by atoms with E-state index in [-0.39, 0.29) is 0 Å². The number of hydrogen-bond acceptors (Lipinski definition) is 4. The summed E-state index contributed by atoms with van der Waals surface area (Å²) in [5.41, 5.74) is 0.929. The van der Waals surface area contributed by atoms with E-state index in [1.165, 1.54) is 18.1 Å². The second-order valence-electron chi connectivity index (χ2n) is 4.35. The van der Waals surface area contributed by atoms with E-state index in [0.717, 1.165) is 5.69 Å². The zero-order valence-corrected chi connectivity index (χ0v) is 10.7. The molecule has 0 atom stereocenters. The van der Waals surface area contributed by atoms with Crippen molar-refractivity contribution in [1.82, 2.24) is 9.97 Å². The zero-order chi connectivity index (χ0) is 12.3. The third-order valence-corrected chi connectivity index (χ3v) is 3.25. The van der Waals surface area contributed by atoms with E-state index in [1.54, 1.807) is 13.8 Å². The summed E-state index contributed by atoms with van der Waals surface area (Å²) in [6.45, 7) is 7.41. The van der Waals surface area contributed by atoms with Gasteiger partial charge >= 0.3 is 5.97 Å². The van der Waals surface area contributed by atoms with Gasteiger partial charge < -0.3 is 5.11 Å². The van der Waals surface area contributed by atoms with E-state index in [2.05, 4.69) is 9.97 Å². The number of rotatable bonds is 4. The molecular weight excluding hydrogens is 224 g/mol. The molecule has 1 rings (SSSR count). The number of carbonyl (C=O) groups is 1. The largest absolute Gasteiger partial charge is 0.480 e. The molecule has 0 fully saturated rings. The highest BCUT2D eigenvalue weighted by atomic mass is 32.2. The van der Waals surface area contributed by atoms with Crippen LogP contribution in [0.1, 0.15) is 39.3 Å². The first-order chi connectivity index (χ1) is 7.33. The maximum Gasteiger partial charge on any atom is 0.319 e. The minimum Gasteiger partial charge on any atom is -0.480 e. The molecule has 1 N–H and O–H groups in total. The van der Waals surface area contributed by atoms with Crippen LogP contribution < -0.4 is 0 Å². The first kappa shape index (κ1) is 13.0. The van der Waals surface area contributed by atoms with Crippen LogP contribution in [-0.2, 0) is 4.79 Å². The van der Waals surface area contributed by atoms with Gasteiger partial charge in [0.25, 0.3) is 0 Å². The molecule has 0 aliphatic carbocycles. The molecule has 88 valence electrons. The summed E-state index contributed by atoms with van der Waals surface area (Å²) in [5, 5.41) is 9.72. The van der Waals surface area contributed by atoms with Gasteiger partial charge in [0.1, 0.15) is 16.1 Å². The maximum atomic E-state index is 11.0. The zero-order valence-electron chi connectivity index (χ0n) is 9.89. The molecule has 0 amide bonds. The van der Waals surface area contributed by atoms with Crippen molar-refractivity contribution in [2.75, 3.05) is 0 Å². The lowest BCUT2D eigenvalue weighted by atomic mass is 10.1. The Balaban J connectivity index is 2.90. The molecular formula is C11H16N2O2S. The summed E-state index contributed by atoms with van der Waals surface area (Å²) in [4.78, 5) is 19.2. The summed E-state index contributed by atoms with van der Waals surface area (Å²) in [5.74, 6) is -0.530. The number of nitrogens with zero attached hydrogens (tertiary/aromatic N) is 2. The van der Waals surface area contributed by atoms with Crippen LogP contribution in [0.2, 0.25) is 0 Å². The summed E-state index contributed by atoms with van der Waals surface area (Å²) >= 11 is 1.23. The van der Waals surface area contributed by atoms with Gasteiger partial charge in [0, 0.05) is 5.69 Å². The van der Waals surface area contributed by atoms with Gasteiger partial charge in [0.15, 0.2) is 0 Å². The van der Waals surface area contributed by atoms with Gasteiger partial charge in [-0.25, -0.2) is 9.97 Å². The second kappa shape index (κ2) is 4.82. The van der Waals surface area contributed by atoms with Crippen LogP contribution in [0.5, 0.6) is 0 Å². The van der Waals surface area contributed by atoms with Crippen LogP contribution in [-0.4, -0.2) is 25.8 Å². The molecule has 1 aromatic heterocycles. The third kappa shape index (κ3) is 3.20. The van der Waals surface area contributed by atoms with Crippen molar-refractivity contribution in [3.05, 3.63) is 18.1 Å². The van der Waals surface area contributed by atoms with E-state index in [0.29, 0.717) is 10.9 Å². The average Bonchev–Trinajstić information content (AvgIpc) is 2.17. The molecule has 1 heterocycles. The molecule has 0 aromatic carbocycles. The molecule has 0 aliphatic rings. The smallest absolute Gasteiger partial charge is 0.319 e. The molecule has 0 spiro atoms. The van der Waals surface area contributed by atoms with Gasteiger partial charge in [-0.1, -0.05) is 25.6 Å². The van der Waals surface area contributed by atoms with Gasteiger partial charge in [-0.3, -0.25) is 4.79 Å².